The molecule has 18 rings (SSSR count). The summed E-state index contributed by atoms with van der Waals surface area (Å²) in [5.74, 6) is 3.04. The van der Waals surface area contributed by atoms with Crippen LogP contribution in [0.15, 0.2) is 528 Å². The van der Waals surface area contributed by atoms with E-state index in [4.69, 9.17) is 9.47 Å². The largest absolute Gasteiger partial charge is 0.481 e. The molecule has 0 saturated carbocycles. The fourth-order valence-electron chi connectivity index (χ4n) is 14.6. The van der Waals surface area contributed by atoms with Crippen molar-refractivity contribution in [1.29, 1.82) is 0 Å². The monoisotopic (exact) mass is 1950 g/mol. The van der Waals surface area contributed by atoms with E-state index in [0.717, 1.165) is 15.2 Å². The number of carbonyl (C=O) groups is 1. The molecule has 0 saturated heterocycles. The minimum atomic E-state index is -0.536. The molecule has 11 heteroatoms. The van der Waals surface area contributed by atoms with Crippen molar-refractivity contribution in [2.24, 2.45) is 0 Å². The van der Waals surface area contributed by atoms with E-state index in [0.29, 0.717) is 27.5 Å². The summed E-state index contributed by atoms with van der Waals surface area (Å²) >= 11 is 5.86. The molecule has 0 aliphatic carbocycles. The smallest absolute Gasteiger partial charge is 0.344 e. The number of hydrogen-bond acceptors (Lipinski definition) is 3. The van der Waals surface area contributed by atoms with E-state index in [-0.39, 0.29) is 56.2 Å². The normalized spacial score (nSPS) is 11.1. The van der Waals surface area contributed by atoms with Crippen LogP contribution in [0.1, 0.15) is 60.3 Å². The summed E-state index contributed by atoms with van der Waals surface area (Å²) in [4.78, 5) is 31.2. The maximum Gasteiger partial charge on any atom is 0.344 e. The first-order chi connectivity index (χ1) is 62.2. The topological polar surface area (TPSA) is 35.5 Å². The minimum absolute atomic E-state index is 0.0262. The number of halogens is 2. The predicted molar refractivity (Wildman–Crippen MR) is 563 cm³/mol. The van der Waals surface area contributed by atoms with Gasteiger partial charge in [-0.05, 0) is 273 Å². The lowest BCUT2D eigenvalue weighted by Crippen LogP contribution is -2.27. The Balaban J connectivity index is 0.000000133. The summed E-state index contributed by atoms with van der Waals surface area (Å²) in [7, 11) is 0.354. The molecule has 0 fully saturated rings. The average molecular weight is 1950 g/mol. The summed E-state index contributed by atoms with van der Waals surface area (Å²) in [5, 5.41) is 10.4. The molecule has 0 amide bonds. The zero-order chi connectivity index (χ0) is 88.4. The van der Waals surface area contributed by atoms with Crippen molar-refractivity contribution in [2.45, 2.75) is 134 Å². The van der Waals surface area contributed by atoms with Gasteiger partial charge >= 0.3 is 5.97 Å². The van der Waals surface area contributed by atoms with Gasteiger partial charge in [-0.3, -0.25) is 0 Å². The van der Waals surface area contributed by atoms with Gasteiger partial charge in [0, 0.05) is 56.8 Å². The Kier molecular flexibility index (Phi) is 36.5. The molecule has 18 aromatic carbocycles. The molecule has 0 radical (unpaired) electrons. The molecule has 636 valence electrons. The summed E-state index contributed by atoms with van der Waals surface area (Å²) in [6.07, 6.45) is 9.86. The Morgan fingerprint density at radius 1 is 0.291 bits per heavy atom. The number of fused-ring (bicyclic) bond motifs is 4. The zero-order valence-corrected chi connectivity index (χ0v) is 81.8. The van der Waals surface area contributed by atoms with Crippen LogP contribution in [0.25, 0.3) is 43.1 Å². The van der Waals surface area contributed by atoms with E-state index in [1.54, 1.807) is 4.90 Å². The maximum atomic E-state index is 12.2. The van der Waals surface area contributed by atoms with Crippen LogP contribution in [0, 0.1) is 3.57 Å². The highest BCUT2D eigenvalue weighted by Gasteiger charge is 2.34. The van der Waals surface area contributed by atoms with Crippen molar-refractivity contribution < 1.29 is 14.3 Å². The number of unbranched alkanes of at least 4 members (excludes halogenated alkanes) is 2. The number of carbonyl (C=O) groups excluding carboxylic acids is 1. The first-order valence-electron chi connectivity index (χ1n) is 43.1. The van der Waals surface area contributed by atoms with Gasteiger partial charge in [0.1, 0.15) is 35.4 Å². The van der Waals surface area contributed by atoms with Gasteiger partial charge in [0.15, 0.2) is 75.1 Å². The molecule has 0 unspecified atom stereocenters. The van der Waals surface area contributed by atoms with Crippen LogP contribution in [0.2, 0.25) is 0 Å². The molecule has 18 aromatic rings. The fraction of sp³-hybridized carbons (Fsp3) is 0.129. The molecule has 0 aliphatic rings. The third-order valence-corrected chi connectivity index (χ3v) is 34.5. The van der Waals surface area contributed by atoms with Crippen LogP contribution in [0.5, 0.6) is 5.75 Å². The number of ether oxygens (including phenoxy) is 2. The number of hydrogen-bond donors (Lipinski definition) is 0. The van der Waals surface area contributed by atoms with Gasteiger partial charge in [-0.15, -0.1) is 0 Å². The Hall–Kier alpha value is -10.4. The van der Waals surface area contributed by atoms with Crippen LogP contribution in [0.3, 0.4) is 0 Å². The Bertz CT molecular complexity index is 6040. The van der Waals surface area contributed by atoms with Gasteiger partial charge < -0.3 is 9.47 Å². The second-order valence-electron chi connectivity index (χ2n) is 31.0. The van der Waals surface area contributed by atoms with E-state index < -0.39 is 5.60 Å². The molecule has 0 N–H and O–H groups in total. The molecular weight excluding hydrogens is 1840 g/mol. The van der Waals surface area contributed by atoms with E-state index in [2.05, 4.69) is 483 Å². The molecular formula is C116H110BrIO3S6+6. The number of benzene rings is 18. The lowest BCUT2D eigenvalue weighted by molar-refractivity contribution is -0.157. The van der Waals surface area contributed by atoms with Crippen LogP contribution >= 0.6 is 38.5 Å². The van der Waals surface area contributed by atoms with E-state index >= 15 is 0 Å². The van der Waals surface area contributed by atoms with Crippen LogP contribution < -0.4 is 4.74 Å². The molecule has 0 aliphatic heterocycles. The van der Waals surface area contributed by atoms with E-state index in [9.17, 15) is 4.79 Å². The van der Waals surface area contributed by atoms with E-state index in [1.807, 2.05) is 57.2 Å². The molecule has 0 atom stereocenters. The maximum absolute atomic E-state index is 12.2. The van der Waals surface area contributed by atoms with Gasteiger partial charge in [-0.1, -0.05) is 297 Å². The summed E-state index contributed by atoms with van der Waals surface area (Å²) in [6, 6.07) is 161. The van der Waals surface area contributed by atoms with Crippen molar-refractivity contribution in [1.82, 2.24) is 0 Å². The Labute approximate surface area is 793 Å². The molecule has 127 heavy (non-hydrogen) atoms. The zero-order valence-electron chi connectivity index (χ0n) is 73.2. The van der Waals surface area contributed by atoms with Crippen molar-refractivity contribution in [2.75, 3.05) is 30.6 Å². The third kappa shape index (κ3) is 27.1. The highest BCUT2D eigenvalue weighted by atomic mass is 127. The van der Waals surface area contributed by atoms with E-state index in [1.165, 1.54) is 137 Å². The molecule has 0 bridgehead atoms. The summed E-state index contributed by atoms with van der Waals surface area (Å²) in [6.45, 7) is 10.0. The quantitative estimate of drug-likeness (QED) is 0.0364. The fourth-order valence-corrected chi connectivity index (χ4v) is 27.5. The molecule has 3 nitrogen and oxygen atoms in total. The molecule has 0 heterocycles. The van der Waals surface area contributed by atoms with Crippen LogP contribution in [0.4, 0.5) is 0 Å². The lowest BCUT2D eigenvalue weighted by atomic mass is 10.1. The highest BCUT2D eigenvalue weighted by Crippen LogP contribution is 2.41. The minimum Gasteiger partial charge on any atom is -0.481 e. The van der Waals surface area contributed by atoms with Gasteiger partial charge in [-0.25, -0.2) is 4.79 Å². The van der Waals surface area contributed by atoms with Gasteiger partial charge in [0.25, 0.3) is 0 Å². The second kappa shape index (κ2) is 49.2. The van der Waals surface area contributed by atoms with Crippen molar-refractivity contribution in [3.63, 3.8) is 0 Å². The van der Waals surface area contributed by atoms with Gasteiger partial charge in [0.05, 0.1) is 43.6 Å². The summed E-state index contributed by atoms with van der Waals surface area (Å²) < 4.78 is 13.7. The van der Waals surface area contributed by atoms with Crippen LogP contribution in [-0.4, -0.2) is 42.2 Å². The summed E-state index contributed by atoms with van der Waals surface area (Å²) in [5.41, 5.74) is -0.536. The third-order valence-electron chi connectivity index (χ3n) is 20.5. The Morgan fingerprint density at radius 3 is 0.921 bits per heavy atom. The lowest BCUT2D eigenvalue weighted by Gasteiger charge is -2.19. The molecule has 0 aromatic heterocycles. The van der Waals surface area contributed by atoms with Crippen molar-refractivity contribution in [3.8, 4) is 5.75 Å². The van der Waals surface area contributed by atoms with Gasteiger partial charge in [0.2, 0.25) is 0 Å². The van der Waals surface area contributed by atoms with Crippen molar-refractivity contribution >= 4 is 153 Å². The standard InChI is InChI=1S/C28H27O3S.C22H17S.C18H14BrS.C18H14IS.C18H25S.C12H13S/c1-28(2,3)31-27(29)20-30-25-18-19-26(24-17-11-10-16-23(24)25)32(21-12-6-4-7-13-21)22-14-8-5-9-15-22;1-3-12-19(13-4-1)23(20-14-5-2-6-15-20)22-17-9-11-18-10-7-8-16-21(18)22;2*19-15-11-13-18(14-12-15)20(16-7-3-1-4-8-16)17-9-5-2-6-10-17;1-3-5-14-19(15-6-4-2)18-13-9-11-16-10-7-8-12-17(16)18;1-13(2)12-9-5-7-10-6-3-4-8-11(10)12/h4-19H,20H2,1-3H3;1-17H;2*1-14H;7-13H,3-6,14-15H2,1-2H3;3-9H,1-2H3/q6*+1. The first-order valence-corrected chi connectivity index (χ1v) is 53.5. The predicted octanol–water partition coefficient (Wildman–Crippen LogP) is 32.0. The Morgan fingerprint density at radius 2 is 0.567 bits per heavy atom. The molecule has 0 spiro atoms. The second-order valence-corrected chi connectivity index (χ2v) is 45.5. The number of rotatable bonds is 23. The SMILES string of the molecule is Brc1ccc([S+](c2ccccc2)c2ccccc2)cc1.CC(C)(C)OC(=O)COc1ccc([S+](c2ccccc2)c2ccccc2)c2ccccc12.CCCC[S+](CCCC)c1cccc2ccccc12.C[S+](C)c1cccc2ccccc12.Ic1ccc([S+](c2ccccc2)c2ccccc2)cc1.c1ccc([S+](c2ccccc2)c2cccc3ccccc23)cc1. The number of esters is 1. The highest BCUT2D eigenvalue weighted by molar-refractivity contribution is 14.1. The van der Waals surface area contributed by atoms with Gasteiger partial charge in [-0.2, -0.15) is 0 Å². The van der Waals surface area contributed by atoms with Crippen molar-refractivity contribution in [3.05, 3.63) is 463 Å². The first kappa shape index (κ1) is 94.2. The van der Waals surface area contributed by atoms with Crippen LogP contribution in [-0.2, 0) is 74.9 Å². The average Bonchev–Trinajstić information content (AvgIpc) is 0.772.